The number of nitrogens with one attached hydrogen (secondary N) is 1. The van der Waals surface area contributed by atoms with Crippen LogP contribution in [0.3, 0.4) is 0 Å². The topological polar surface area (TPSA) is 49.9 Å². The van der Waals surface area contributed by atoms with E-state index in [1.54, 1.807) is 0 Å². The van der Waals surface area contributed by atoms with Crippen molar-refractivity contribution < 1.29 is 0 Å². The van der Waals surface area contributed by atoms with Gasteiger partial charge in [-0.25, -0.2) is 0 Å². The first-order chi connectivity index (χ1) is 5.72. The molecule has 0 bridgehead atoms. The Morgan fingerprint density at radius 3 is 2.17 bits per heavy atom. The fraction of sp³-hybridized carbons (Fsp3) is 0.900. The van der Waals surface area contributed by atoms with Crippen LogP contribution < -0.4 is 5.73 Å². The highest BCUT2D eigenvalue weighted by atomic mass is 14.7. The van der Waals surface area contributed by atoms with E-state index in [1.807, 2.05) is 0 Å². The van der Waals surface area contributed by atoms with E-state index >= 15 is 0 Å². The van der Waals surface area contributed by atoms with Crippen LogP contribution in [0.5, 0.6) is 0 Å². The average molecular weight is 168 g/mol. The summed E-state index contributed by atoms with van der Waals surface area (Å²) in [5, 5.41) is 7.20. The van der Waals surface area contributed by atoms with E-state index in [0.29, 0.717) is 11.8 Å². The van der Waals surface area contributed by atoms with Gasteiger partial charge in [-0.1, -0.05) is 26.2 Å². The lowest BCUT2D eigenvalue weighted by molar-refractivity contribution is 0.274. The zero-order valence-electron chi connectivity index (χ0n) is 7.97. The molecule has 0 radical (unpaired) electrons. The predicted octanol–water partition coefficient (Wildman–Crippen LogP) is 2.53. The Labute approximate surface area is 75.0 Å². The maximum Gasteiger partial charge on any atom is 0.0908 e. The molecule has 0 aromatic carbocycles. The summed E-state index contributed by atoms with van der Waals surface area (Å²) < 4.78 is 0. The number of amidine groups is 1. The summed E-state index contributed by atoms with van der Waals surface area (Å²) in [4.78, 5) is 0. The van der Waals surface area contributed by atoms with E-state index < -0.39 is 0 Å². The summed E-state index contributed by atoms with van der Waals surface area (Å²) in [6.45, 7) is 2.27. The first kappa shape index (κ1) is 9.56. The Hall–Kier alpha value is -0.530. The summed E-state index contributed by atoms with van der Waals surface area (Å²) in [6, 6.07) is 0. The van der Waals surface area contributed by atoms with Gasteiger partial charge in [-0.15, -0.1) is 0 Å². The van der Waals surface area contributed by atoms with Gasteiger partial charge in [-0.3, -0.25) is 5.41 Å². The Morgan fingerprint density at radius 1 is 1.25 bits per heavy atom. The summed E-state index contributed by atoms with van der Waals surface area (Å²) in [7, 11) is 0. The van der Waals surface area contributed by atoms with Gasteiger partial charge in [0, 0.05) is 6.42 Å². The molecule has 3 N–H and O–H groups in total. The molecule has 0 aliphatic heterocycles. The monoisotopic (exact) mass is 168 g/mol. The van der Waals surface area contributed by atoms with Crippen molar-refractivity contribution in [3.63, 3.8) is 0 Å². The highest BCUT2D eigenvalue weighted by molar-refractivity contribution is 5.77. The summed E-state index contributed by atoms with van der Waals surface area (Å²) in [5.74, 6) is 2.04. The standard InChI is InChI=1S/C10H20N2/c1-2-8-3-5-9(6-4-8)7-10(11)12/h8-9H,2-7H2,1H3,(H3,11,12). The summed E-state index contributed by atoms with van der Waals surface area (Å²) in [6.07, 6.45) is 7.45. The molecule has 0 atom stereocenters. The zero-order chi connectivity index (χ0) is 8.97. The predicted molar refractivity (Wildman–Crippen MR) is 52.3 cm³/mol. The molecule has 0 aromatic heterocycles. The SMILES string of the molecule is CCC1CCC(CC(=N)N)CC1. The average Bonchev–Trinajstić information content (AvgIpc) is 2.05. The number of rotatable bonds is 3. The molecule has 1 aliphatic carbocycles. The lowest BCUT2D eigenvalue weighted by Gasteiger charge is -2.27. The number of hydrogen-bond acceptors (Lipinski definition) is 1. The summed E-state index contributed by atoms with van der Waals surface area (Å²) >= 11 is 0. The molecule has 70 valence electrons. The smallest absolute Gasteiger partial charge is 0.0908 e. The van der Waals surface area contributed by atoms with Crippen LogP contribution >= 0.6 is 0 Å². The normalized spacial score (nSPS) is 30.1. The van der Waals surface area contributed by atoms with E-state index in [4.69, 9.17) is 11.1 Å². The lowest BCUT2D eigenvalue weighted by Crippen LogP contribution is -2.20. The van der Waals surface area contributed by atoms with Gasteiger partial charge >= 0.3 is 0 Å². The van der Waals surface area contributed by atoms with E-state index in [1.165, 1.54) is 32.1 Å². The molecule has 2 heteroatoms. The van der Waals surface area contributed by atoms with Crippen molar-refractivity contribution in [3.8, 4) is 0 Å². The third-order valence-corrected chi connectivity index (χ3v) is 3.05. The zero-order valence-corrected chi connectivity index (χ0v) is 7.97. The van der Waals surface area contributed by atoms with Crippen LogP contribution in [0.25, 0.3) is 0 Å². The molecule has 0 aromatic rings. The van der Waals surface area contributed by atoms with E-state index in [0.717, 1.165) is 12.3 Å². The highest BCUT2D eigenvalue weighted by Gasteiger charge is 2.19. The molecule has 0 heterocycles. The maximum absolute atomic E-state index is 7.20. The highest BCUT2D eigenvalue weighted by Crippen LogP contribution is 2.31. The van der Waals surface area contributed by atoms with E-state index in [9.17, 15) is 0 Å². The second-order valence-corrected chi connectivity index (χ2v) is 4.02. The molecule has 1 saturated carbocycles. The van der Waals surface area contributed by atoms with E-state index in [-0.39, 0.29) is 0 Å². The van der Waals surface area contributed by atoms with Crippen molar-refractivity contribution in [3.05, 3.63) is 0 Å². The minimum absolute atomic E-state index is 0.370. The minimum atomic E-state index is 0.370. The van der Waals surface area contributed by atoms with Crippen molar-refractivity contribution in [1.29, 1.82) is 5.41 Å². The molecule has 2 nitrogen and oxygen atoms in total. The molecule has 0 unspecified atom stereocenters. The fourth-order valence-electron chi connectivity index (χ4n) is 2.15. The van der Waals surface area contributed by atoms with Gasteiger partial charge in [0.1, 0.15) is 0 Å². The van der Waals surface area contributed by atoms with Crippen LogP contribution in [0.15, 0.2) is 0 Å². The molecular formula is C10H20N2. The van der Waals surface area contributed by atoms with Crippen LogP contribution in [0.4, 0.5) is 0 Å². The van der Waals surface area contributed by atoms with Gasteiger partial charge in [0.25, 0.3) is 0 Å². The van der Waals surface area contributed by atoms with Crippen molar-refractivity contribution in [1.82, 2.24) is 0 Å². The fourth-order valence-corrected chi connectivity index (χ4v) is 2.15. The van der Waals surface area contributed by atoms with Gasteiger partial charge < -0.3 is 5.73 Å². The third kappa shape index (κ3) is 2.84. The number of hydrogen-bond donors (Lipinski definition) is 2. The second-order valence-electron chi connectivity index (χ2n) is 4.02. The van der Waals surface area contributed by atoms with Gasteiger partial charge in [0.05, 0.1) is 5.84 Å². The van der Waals surface area contributed by atoms with Crippen molar-refractivity contribution in [2.75, 3.05) is 0 Å². The van der Waals surface area contributed by atoms with Gasteiger partial charge in [0.15, 0.2) is 0 Å². The maximum atomic E-state index is 7.20. The third-order valence-electron chi connectivity index (χ3n) is 3.05. The minimum Gasteiger partial charge on any atom is -0.388 e. The Kier molecular flexibility index (Phi) is 3.57. The Morgan fingerprint density at radius 2 is 1.75 bits per heavy atom. The van der Waals surface area contributed by atoms with Gasteiger partial charge in [-0.05, 0) is 24.7 Å². The number of nitrogens with two attached hydrogens (primary N) is 1. The Balaban J connectivity index is 2.21. The van der Waals surface area contributed by atoms with Crippen molar-refractivity contribution in [2.24, 2.45) is 17.6 Å². The Bertz CT molecular complexity index is 146. The molecule has 1 rings (SSSR count). The molecule has 0 amide bonds. The molecule has 12 heavy (non-hydrogen) atoms. The first-order valence-corrected chi connectivity index (χ1v) is 5.05. The van der Waals surface area contributed by atoms with Crippen LogP contribution in [0.1, 0.15) is 45.4 Å². The van der Waals surface area contributed by atoms with Crippen molar-refractivity contribution in [2.45, 2.75) is 45.4 Å². The molecule has 1 fully saturated rings. The molecular weight excluding hydrogens is 148 g/mol. The van der Waals surface area contributed by atoms with Crippen LogP contribution in [0, 0.1) is 17.2 Å². The van der Waals surface area contributed by atoms with Gasteiger partial charge in [-0.2, -0.15) is 0 Å². The molecule has 0 saturated heterocycles. The quantitative estimate of drug-likeness (QED) is 0.494. The van der Waals surface area contributed by atoms with Crippen LogP contribution in [0.2, 0.25) is 0 Å². The summed E-state index contributed by atoms with van der Waals surface area (Å²) in [5.41, 5.74) is 5.37. The van der Waals surface area contributed by atoms with Crippen LogP contribution in [-0.2, 0) is 0 Å². The molecule has 0 spiro atoms. The van der Waals surface area contributed by atoms with Gasteiger partial charge in [0.2, 0.25) is 0 Å². The van der Waals surface area contributed by atoms with E-state index in [2.05, 4.69) is 6.92 Å². The van der Waals surface area contributed by atoms with Crippen molar-refractivity contribution >= 4 is 5.84 Å². The molecule has 1 aliphatic rings. The first-order valence-electron chi connectivity index (χ1n) is 5.05. The second kappa shape index (κ2) is 4.48. The lowest BCUT2D eigenvalue weighted by atomic mass is 9.79. The van der Waals surface area contributed by atoms with Crippen LogP contribution in [-0.4, -0.2) is 5.84 Å². The largest absolute Gasteiger partial charge is 0.388 e.